The van der Waals surface area contributed by atoms with Gasteiger partial charge in [-0.15, -0.1) is 0 Å². The van der Waals surface area contributed by atoms with E-state index >= 15 is 0 Å². The maximum atomic E-state index is 2.30. The van der Waals surface area contributed by atoms with Crippen molar-refractivity contribution in [3.63, 3.8) is 0 Å². The van der Waals surface area contributed by atoms with Gasteiger partial charge in [-0.3, -0.25) is 0 Å². The van der Waals surface area contributed by atoms with E-state index in [1.54, 1.807) is 0 Å². The largest absolute Gasteiger partial charge is 0.331 e. The van der Waals surface area contributed by atoms with Gasteiger partial charge in [-0.05, 0) is 23.8 Å². The Bertz CT molecular complexity index is 317. The summed E-state index contributed by atoms with van der Waals surface area (Å²) in [7, 11) is 6.54. The van der Waals surface area contributed by atoms with Crippen molar-refractivity contribution >= 4 is 0 Å². The van der Waals surface area contributed by atoms with Crippen LogP contribution in [0.5, 0.6) is 0 Å². The fraction of sp³-hybridized carbons (Fsp3) is 0.667. The van der Waals surface area contributed by atoms with E-state index in [0.717, 1.165) is 4.48 Å². The molecular weight excluding hydrogens is 230 g/mol. The third-order valence-electron chi connectivity index (χ3n) is 3.91. The predicted octanol–water partition coefficient (Wildman–Crippen LogP) is 4.97. The number of hydrogen-bond acceptors (Lipinski definition) is 0. The number of benzene rings is 1. The van der Waals surface area contributed by atoms with Crippen LogP contribution in [0.1, 0.15) is 47.6 Å². The molecule has 0 aromatic heterocycles. The van der Waals surface area contributed by atoms with Gasteiger partial charge in [0.25, 0.3) is 0 Å². The highest BCUT2D eigenvalue weighted by atomic mass is 15.3. The summed E-state index contributed by atoms with van der Waals surface area (Å²) in [5.41, 5.74) is 1.72. The minimum Gasteiger partial charge on any atom is -0.331 e. The lowest BCUT2D eigenvalue weighted by atomic mass is 9.75. The van der Waals surface area contributed by atoms with Crippen LogP contribution in [0.3, 0.4) is 0 Å². The van der Waals surface area contributed by atoms with E-state index in [-0.39, 0.29) is 7.43 Å². The van der Waals surface area contributed by atoms with Gasteiger partial charge in [0.05, 0.1) is 27.7 Å². The van der Waals surface area contributed by atoms with Crippen LogP contribution in [-0.4, -0.2) is 32.2 Å². The average molecular weight is 266 g/mol. The first-order chi connectivity index (χ1) is 8.11. The number of rotatable bonds is 3. The molecule has 0 saturated carbocycles. The smallest absolute Gasteiger partial charge is 0.0751 e. The molecule has 1 heteroatoms. The normalized spacial score (nSPS) is 11.4. The lowest BCUT2D eigenvalue weighted by Gasteiger charge is -2.29. The second-order valence-corrected chi connectivity index (χ2v) is 6.85. The Morgan fingerprint density at radius 3 is 1.63 bits per heavy atom. The molecule has 0 bridgehead atoms. The van der Waals surface area contributed by atoms with Crippen molar-refractivity contribution in [1.29, 1.82) is 0 Å². The maximum absolute atomic E-state index is 2.30. The molecule has 0 saturated heterocycles. The van der Waals surface area contributed by atoms with Crippen molar-refractivity contribution < 1.29 is 4.48 Å². The first-order valence-corrected chi connectivity index (χ1v) is 6.97. The third-order valence-corrected chi connectivity index (χ3v) is 3.91. The van der Waals surface area contributed by atoms with Crippen LogP contribution >= 0.6 is 0 Å². The molecule has 0 fully saturated rings. The molecule has 0 aliphatic heterocycles. The minimum absolute atomic E-state index is 0. The lowest BCUT2D eigenvalue weighted by molar-refractivity contribution is -0.868. The van der Waals surface area contributed by atoms with Crippen LogP contribution in [-0.2, 0) is 5.41 Å². The minimum atomic E-state index is 0. The Labute approximate surface area is 122 Å². The van der Waals surface area contributed by atoms with Crippen LogP contribution in [0, 0.1) is 5.92 Å². The quantitative estimate of drug-likeness (QED) is 0.678. The van der Waals surface area contributed by atoms with Gasteiger partial charge in [-0.2, -0.15) is 0 Å². The summed E-state index contributed by atoms with van der Waals surface area (Å²) in [6.45, 7) is 12.5. The fourth-order valence-electron chi connectivity index (χ4n) is 1.20. The molecule has 0 aliphatic rings. The summed E-state index contributed by atoms with van der Waals surface area (Å²) in [5.74, 6) is 0.680. The number of hydrogen-bond donors (Lipinski definition) is 0. The maximum Gasteiger partial charge on any atom is 0.0751 e. The molecule has 1 aromatic carbocycles. The molecule has 0 N–H and O–H groups in total. The Hall–Kier alpha value is -0.820. The van der Waals surface area contributed by atoms with E-state index in [1.165, 1.54) is 12.1 Å². The Morgan fingerprint density at radius 2 is 1.37 bits per heavy atom. The molecule has 1 aromatic rings. The molecule has 0 unspecified atom stereocenters. The summed E-state index contributed by atoms with van der Waals surface area (Å²) >= 11 is 0. The summed E-state index contributed by atoms with van der Waals surface area (Å²) in [4.78, 5) is 0. The zero-order chi connectivity index (χ0) is 14.4. The second kappa shape index (κ2) is 8.37. The third kappa shape index (κ3) is 8.05. The van der Waals surface area contributed by atoms with E-state index in [2.05, 4.69) is 86.1 Å². The van der Waals surface area contributed by atoms with E-state index in [1.807, 2.05) is 0 Å². The standard InChI is InChI=1S/C12H18.C5H14N.CH4/c1-10(2)12(3,4)11-8-6-5-7-9-11;1-5-6(2,3)4;/h5-10H,1-4H3;5H2,1-4H3;1H4/q;+1;. The summed E-state index contributed by atoms with van der Waals surface area (Å²) < 4.78 is 1.07. The summed E-state index contributed by atoms with van der Waals surface area (Å²) in [6.07, 6.45) is 0. The lowest BCUT2D eigenvalue weighted by Crippen LogP contribution is -2.33. The van der Waals surface area contributed by atoms with Crippen LogP contribution in [0.4, 0.5) is 0 Å². The molecular formula is C18H36N+. The van der Waals surface area contributed by atoms with Crippen LogP contribution in [0.15, 0.2) is 30.3 Å². The van der Waals surface area contributed by atoms with Gasteiger partial charge in [0.1, 0.15) is 0 Å². The molecule has 1 rings (SSSR count). The van der Waals surface area contributed by atoms with Crippen molar-refractivity contribution in [2.45, 2.75) is 47.5 Å². The van der Waals surface area contributed by atoms with Crippen molar-refractivity contribution in [3.05, 3.63) is 35.9 Å². The van der Waals surface area contributed by atoms with E-state index in [9.17, 15) is 0 Å². The highest BCUT2D eigenvalue weighted by Gasteiger charge is 2.23. The Morgan fingerprint density at radius 1 is 1.00 bits per heavy atom. The monoisotopic (exact) mass is 266 g/mol. The van der Waals surface area contributed by atoms with Crippen molar-refractivity contribution in [2.24, 2.45) is 5.92 Å². The molecule has 1 nitrogen and oxygen atoms in total. The molecule has 0 atom stereocenters. The molecule has 112 valence electrons. The second-order valence-electron chi connectivity index (χ2n) is 6.85. The molecule has 19 heavy (non-hydrogen) atoms. The first kappa shape index (κ1) is 20.5. The number of quaternary nitrogens is 1. The Balaban J connectivity index is 0. The molecule has 0 spiro atoms. The summed E-state index contributed by atoms with van der Waals surface area (Å²) in [5, 5.41) is 0. The van der Waals surface area contributed by atoms with Crippen molar-refractivity contribution in [2.75, 3.05) is 27.7 Å². The molecule has 0 heterocycles. The Kier molecular flexibility index (Phi) is 9.03. The van der Waals surface area contributed by atoms with E-state index < -0.39 is 0 Å². The first-order valence-electron chi connectivity index (χ1n) is 6.97. The molecule has 0 aliphatic carbocycles. The number of nitrogens with zero attached hydrogens (tertiary/aromatic N) is 1. The topological polar surface area (TPSA) is 0 Å². The van der Waals surface area contributed by atoms with Gasteiger partial charge in [0, 0.05) is 0 Å². The predicted molar refractivity (Wildman–Crippen MR) is 89.6 cm³/mol. The van der Waals surface area contributed by atoms with Crippen LogP contribution in [0.25, 0.3) is 0 Å². The van der Waals surface area contributed by atoms with Gasteiger partial charge in [-0.25, -0.2) is 0 Å². The SMILES string of the molecule is C.CC(C)C(C)(C)c1ccccc1.CC[N+](C)(C)C. The molecule has 0 radical (unpaired) electrons. The van der Waals surface area contributed by atoms with Gasteiger partial charge in [0.2, 0.25) is 0 Å². The van der Waals surface area contributed by atoms with Gasteiger partial charge in [-0.1, -0.05) is 65.5 Å². The van der Waals surface area contributed by atoms with Crippen LogP contribution in [0.2, 0.25) is 0 Å². The van der Waals surface area contributed by atoms with Crippen LogP contribution < -0.4 is 0 Å². The molecule has 0 amide bonds. The average Bonchev–Trinajstić information content (AvgIpc) is 2.30. The highest BCUT2D eigenvalue weighted by Crippen LogP contribution is 2.30. The zero-order valence-electron chi connectivity index (χ0n) is 13.6. The highest BCUT2D eigenvalue weighted by molar-refractivity contribution is 5.23. The zero-order valence-corrected chi connectivity index (χ0v) is 13.6. The van der Waals surface area contributed by atoms with Crippen molar-refractivity contribution in [3.8, 4) is 0 Å². The van der Waals surface area contributed by atoms with E-state index in [0.29, 0.717) is 11.3 Å². The van der Waals surface area contributed by atoms with Gasteiger partial charge in [0.15, 0.2) is 0 Å². The summed E-state index contributed by atoms with van der Waals surface area (Å²) in [6, 6.07) is 10.7. The van der Waals surface area contributed by atoms with Gasteiger partial charge < -0.3 is 4.48 Å². The van der Waals surface area contributed by atoms with Crippen molar-refractivity contribution in [1.82, 2.24) is 0 Å². The van der Waals surface area contributed by atoms with Gasteiger partial charge >= 0.3 is 0 Å². The van der Waals surface area contributed by atoms with E-state index in [4.69, 9.17) is 0 Å². The fourth-order valence-corrected chi connectivity index (χ4v) is 1.20.